The fraction of sp³-hybridized carbons (Fsp3) is 0.0455. The Morgan fingerprint density at radius 2 is 1.72 bits per heavy atom. The molecule has 1 amide bonds. The van der Waals surface area contributed by atoms with Crippen LogP contribution < -0.4 is 5.32 Å². The Kier molecular flexibility index (Phi) is 6.00. The number of benzene rings is 3. The molecule has 0 aliphatic heterocycles. The van der Waals surface area contributed by atoms with Gasteiger partial charge in [-0.3, -0.25) is 4.79 Å². The highest BCUT2D eigenvalue weighted by atomic mass is 35.5. The minimum absolute atomic E-state index is 0.187. The third kappa shape index (κ3) is 4.70. The minimum Gasteiger partial charge on any atom is -0.324 e. The van der Waals surface area contributed by atoms with Crippen molar-refractivity contribution in [1.29, 1.82) is 0 Å². The van der Waals surface area contributed by atoms with E-state index < -0.39 is 0 Å². The molecule has 0 bridgehead atoms. The van der Waals surface area contributed by atoms with Gasteiger partial charge in [-0.15, -0.1) is 10.2 Å². The van der Waals surface area contributed by atoms with Gasteiger partial charge in [0.2, 0.25) is 5.91 Å². The number of hydrogen-bond donors (Lipinski definition) is 1. The summed E-state index contributed by atoms with van der Waals surface area (Å²) in [6.45, 7) is 0. The van der Waals surface area contributed by atoms with Gasteiger partial charge in [0, 0.05) is 5.56 Å². The fourth-order valence-electron chi connectivity index (χ4n) is 2.83. The molecule has 1 heterocycles. The third-order valence-electron chi connectivity index (χ3n) is 4.26. The predicted molar refractivity (Wildman–Crippen MR) is 121 cm³/mol. The fourth-order valence-corrected chi connectivity index (χ4v) is 3.79. The van der Waals surface area contributed by atoms with E-state index in [1.165, 1.54) is 17.1 Å². The number of carbonyl (C=O) groups is 1. The zero-order valence-electron chi connectivity index (χ0n) is 15.1. The Morgan fingerprint density at radius 1 is 0.897 bits per heavy atom. The van der Waals surface area contributed by atoms with Crippen LogP contribution >= 0.6 is 35.0 Å². The van der Waals surface area contributed by atoms with Gasteiger partial charge in [0.15, 0.2) is 0 Å². The second kappa shape index (κ2) is 8.82. The molecule has 29 heavy (non-hydrogen) atoms. The average Bonchev–Trinajstić information content (AvgIpc) is 2.75. The van der Waals surface area contributed by atoms with Crippen molar-refractivity contribution in [2.24, 2.45) is 0 Å². The maximum atomic E-state index is 12.2. The summed E-state index contributed by atoms with van der Waals surface area (Å²) in [7, 11) is 0. The largest absolute Gasteiger partial charge is 0.324 e. The molecule has 0 aliphatic rings. The summed E-state index contributed by atoms with van der Waals surface area (Å²) in [6.07, 6.45) is 0. The van der Waals surface area contributed by atoms with Crippen LogP contribution in [0.3, 0.4) is 0 Å². The van der Waals surface area contributed by atoms with Crippen LogP contribution in [0.2, 0.25) is 10.0 Å². The van der Waals surface area contributed by atoms with Crippen LogP contribution in [-0.2, 0) is 4.79 Å². The normalized spacial score (nSPS) is 10.8. The van der Waals surface area contributed by atoms with Crippen LogP contribution in [0.1, 0.15) is 0 Å². The summed E-state index contributed by atoms with van der Waals surface area (Å²) < 4.78 is 0. The molecule has 7 heteroatoms. The molecule has 4 aromatic rings. The number of amides is 1. The molecule has 1 N–H and O–H groups in total. The summed E-state index contributed by atoms with van der Waals surface area (Å²) in [4.78, 5) is 12.2. The van der Waals surface area contributed by atoms with Crippen molar-refractivity contribution in [3.63, 3.8) is 0 Å². The van der Waals surface area contributed by atoms with Gasteiger partial charge in [-0.05, 0) is 41.1 Å². The van der Waals surface area contributed by atoms with Gasteiger partial charge in [0.1, 0.15) is 5.03 Å². The molecule has 3 aromatic carbocycles. The first-order valence-electron chi connectivity index (χ1n) is 8.80. The topological polar surface area (TPSA) is 54.9 Å². The molecular weight excluding hydrogens is 425 g/mol. The maximum Gasteiger partial charge on any atom is 0.234 e. The maximum absolute atomic E-state index is 12.2. The third-order valence-corrected chi connectivity index (χ3v) is 6.00. The van der Waals surface area contributed by atoms with E-state index in [1.807, 2.05) is 30.3 Å². The van der Waals surface area contributed by atoms with E-state index in [2.05, 4.69) is 39.8 Å². The molecule has 1 aromatic heterocycles. The Labute approximate surface area is 182 Å². The number of rotatable bonds is 5. The number of nitrogens with zero attached hydrogens (tertiary/aromatic N) is 2. The van der Waals surface area contributed by atoms with E-state index in [1.54, 1.807) is 18.2 Å². The van der Waals surface area contributed by atoms with Crippen LogP contribution in [0, 0.1) is 0 Å². The molecule has 0 atom stereocenters. The smallest absolute Gasteiger partial charge is 0.234 e. The molecular formula is C22H15Cl2N3OS. The molecule has 4 rings (SSSR count). The Morgan fingerprint density at radius 3 is 2.52 bits per heavy atom. The molecule has 0 unspecified atom stereocenters. The van der Waals surface area contributed by atoms with E-state index in [9.17, 15) is 4.79 Å². The number of nitrogens with one attached hydrogen (secondary N) is 1. The van der Waals surface area contributed by atoms with Crippen molar-refractivity contribution in [2.45, 2.75) is 5.03 Å². The van der Waals surface area contributed by atoms with E-state index in [4.69, 9.17) is 23.2 Å². The summed E-state index contributed by atoms with van der Waals surface area (Å²) in [5, 5.41) is 15.0. The molecule has 0 aliphatic carbocycles. The van der Waals surface area contributed by atoms with Gasteiger partial charge in [-0.25, -0.2) is 0 Å². The van der Waals surface area contributed by atoms with Gasteiger partial charge in [0.25, 0.3) is 0 Å². The standard InChI is InChI=1S/C22H15Cl2N3OS/c23-17-6-3-7-19(22(17)24)25-20(28)13-29-21-11-10-18(26-27-21)16-9-8-14-4-1-2-5-15(14)12-16/h1-12H,13H2,(H,25,28). The van der Waals surface area contributed by atoms with Gasteiger partial charge < -0.3 is 5.32 Å². The van der Waals surface area contributed by atoms with Crippen molar-refractivity contribution < 1.29 is 4.79 Å². The zero-order chi connectivity index (χ0) is 20.2. The molecule has 0 fully saturated rings. The minimum atomic E-state index is -0.195. The van der Waals surface area contributed by atoms with E-state index in [0.717, 1.165) is 16.6 Å². The van der Waals surface area contributed by atoms with Crippen molar-refractivity contribution in [2.75, 3.05) is 11.1 Å². The lowest BCUT2D eigenvalue weighted by Gasteiger charge is -2.08. The predicted octanol–water partition coefficient (Wildman–Crippen LogP) is 6.33. The van der Waals surface area contributed by atoms with Crippen molar-refractivity contribution >= 4 is 57.3 Å². The van der Waals surface area contributed by atoms with Gasteiger partial charge in [-0.1, -0.05) is 77.4 Å². The van der Waals surface area contributed by atoms with Crippen molar-refractivity contribution in [3.05, 3.63) is 82.8 Å². The molecule has 0 saturated heterocycles. The first-order valence-corrected chi connectivity index (χ1v) is 10.5. The number of thioether (sulfide) groups is 1. The first kappa shape index (κ1) is 19.7. The summed E-state index contributed by atoms with van der Waals surface area (Å²) in [5.41, 5.74) is 2.28. The quantitative estimate of drug-likeness (QED) is 0.368. The summed E-state index contributed by atoms with van der Waals surface area (Å²) in [5.74, 6) is -0.00750. The van der Waals surface area contributed by atoms with Crippen LogP contribution in [0.25, 0.3) is 22.0 Å². The Balaban J connectivity index is 1.40. The van der Waals surface area contributed by atoms with Crippen molar-refractivity contribution in [1.82, 2.24) is 10.2 Å². The lowest BCUT2D eigenvalue weighted by molar-refractivity contribution is -0.113. The molecule has 4 nitrogen and oxygen atoms in total. The van der Waals surface area contributed by atoms with Crippen LogP contribution in [0.5, 0.6) is 0 Å². The second-order valence-electron chi connectivity index (χ2n) is 6.26. The number of aromatic nitrogens is 2. The van der Waals surface area contributed by atoms with E-state index in [0.29, 0.717) is 20.8 Å². The SMILES string of the molecule is O=C(CSc1ccc(-c2ccc3ccccc3c2)nn1)Nc1cccc(Cl)c1Cl. The monoisotopic (exact) mass is 439 g/mol. The molecule has 0 saturated carbocycles. The average molecular weight is 440 g/mol. The van der Waals surface area contributed by atoms with Crippen LogP contribution in [0.4, 0.5) is 5.69 Å². The highest BCUT2D eigenvalue weighted by Gasteiger charge is 2.10. The van der Waals surface area contributed by atoms with Gasteiger partial charge in [-0.2, -0.15) is 0 Å². The lowest BCUT2D eigenvalue weighted by atomic mass is 10.1. The number of fused-ring (bicyclic) bond motifs is 1. The van der Waals surface area contributed by atoms with Gasteiger partial charge in [0.05, 0.1) is 27.2 Å². The molecule has 0 spiro atoms. The summed E-state index contributed by atoms with van der Waals surface area (Å²) >= 11 is 13.4. The first-order chi connectivity index (χ1) is 14.1. The number of halogens is 2. The molecule has 144 valence electrons. The lowest BCUT2D eigenvalue weighted by Crippen LogP contribution is -2.14. The van der Waals surface area contributed by atoms with Crippen molar-refractivity contribution in [3.8, 4) is 11.3 Å². The number of hydrogen-bond acceptors (Lipinski definition) is 4. The van der Waals surface area contributed by atoms with Gasteiger partial charge >= 0.3 is 0 Å². The van der Waals surface area contributed by atoms with Crippen LogP contribution in [0.15, 0.2) is 77.8 Å². The highest BCUT2D eigenvalue weighted by Crippen LogP contribution is 2.30. The Hall–Kier alpha value is -2.60. The highest BCUT2D eigenvalue weighted by molar-refractivity contribution is 7.99. The van der Waals surface area contributed by atoms with Crippen LogP contribution in [-0.4, -0.2) is 21.9 Å². The second-order valence-corrected chi connectivity index (χ2v) is 8.04. The number of anilines is 1. The number of carbonyl (C=O) groups excluding carboxylic acids is 1. The summed E-state index contributed by atoms with van der Waals surface area (Å²) in [6, 6.07) is 23.2. The zero-order valence-corrected chi connectivity index (χ0v) is 17.4. The molecule has 0 radical (unpaired) electrons. The van der Waals surface area contributed by atoms with E-state index in [-0.39, 0.29) is 11.7 Å². The van der Waals surface area contributed by atoms with E-state index >= 15 is 0 Å². The Bertz CT molecular complexity index is 1180.